The molecule has 0 fully saturated rings. The Bertz CT molecular complexity index is 365. The second-order valence-corrected chi connectivity index (χ2v) is 7.39. The van der Waals surface area contributed by atoms with E-state index in [1.54, 1.807) is 13.0 Å². The molecule has 0 spiro atoms. The molecule has 0 aliphatic rings. The quantitative estimate of drug-likeness (QED) is 0.261. The zero-order valence-electron chi connectivity index (χ0n) is 18.6. The predicted molar refractivity (Wildman–Crippen MR) is 110 cm³/mol. The highest BCUT2D eigenvalue weighted by Crippen LogP contribution is 2.03. The van der Waals surface area contributed by atoms with E-state index in [0.29, 0.717) is 46.2 Å². The van der Waals surface area contributed by atoms with Crippen LogP contribution >= 0.6 is 0 Å². The molecule has 0 aliphatic heterocycles. The average molecular weight is 407 g/mol. The van der Waals surface area contributed by atoms with E-state index in [9.17, 15) is 5.11 Å². The van der Waals surface area contributed by atoms with Crippen molar-refractivity contribution in [3.8, 4) is 0 Å². The van der Waals surface area contributed by atoms with E-state index in [1.165, 1.54) is 0 Å². The van der Waals surface area contributed by atoms with Crippen LogP contribution in [0.2, 0.25) is 0 Å². The van der Waals surface area contributed by atoms with E-state index in [-0.39, 0.29) is 30.5 Å². The van der Waals surface area contributed by atoms with Crippen LogP contribution in [0, 0.1) is 0 Å². The Morgan fingerprint density at radius 1 is 0.607 bits per heavy atom. The van der Waals surface area contributed by atoms with E-state index in [1.807, 2.05) is 34.6 Å². The monoisotopic (exact) mass is 406 g/mol. The summed E-state index contributed by atoms with van der Waals surface area (Å²) in [6.07, 6.45) is 1.10. The van der Waals surface area contributed by atoms with E-state index < -0.39 is 6.10 Å². The maximum atomic E-state index is 9.20. The lowest BCUT2D eigenvalue weighted by Crippen LogP contribution is -2.29. The van der Waals surface area contributed by atoms with Gasteiger partial charge in [-0.15, -0.1) is 6.58 Å². The summed E-state index contributed by atoms with van der Waals surface area (Å²) in [5.41, 5.74) is 0. The molecule has 0 radical (unpaired) electrons. The van der Waals surface area contributed by atoms with Gasteiger partial charge in [0.1, 0.15) is 0 Å². The van der Waals surface area contributed by atoms with Crippen LogP contribution in [-0.2, 0) is 28.4 Å². The highest BCUT2D eigenvalue weighted by molar-refractivity contribution is 4.64. The topological polar surface area (TPSA) is 75.6 Å². The molecule has 0 aromatic heterocycles. The smallest absolute Gasteiger partial charge is 0.0781 e. The van der Waals surface area contributed by atoms with Crippen molar-refractivity contribution in [1.29, 1.82) is 0 Å². The first kappa shape index (κ1) is 27.5. The number of ether oxygens (including phenoxy) is 6. The molecule has 6 unspecified atom stereocenters. The minimum atomic E-state index is -0.467. The highest BCUT2D eigenvalue weighted by atomic mass is 16.6. The van der Waals surface area contributed by atoms with Crippen LogP contribution in [-0.4, -0.2) is 88.0 Å². The number of aliphatic hydroxyl groups is 1. The zero-order chi connectivity index (χ0) is 21.4. The van der Waals surface area contributed by atoms with Crippen molar-refractivity contribution in [3.63, 3.8) is 0 Å². The summed E-state index contributed by atoms with van der Waals surface area (Å²) in [7, 11) is 0. The normalized spacial score (nSPS) is 18.2. The molecule has 0 aliphatic carbocycles. The van der Waals surface area contributed by atoms with E-state index in [2.05, 4.69) is 6.58 Å². The third kappa shape index (κ3) is 17.6. The standard InChI is InChI=1S/C21H42O7/c1-8-9-23-11-17(3)25-13-19(5)27-15-21(7)28-14-20(6)26-12-18(4)24-10-16(2)22/h8,16-22H,1,9-15H2,2-7H3. The molecule has 168 valence electrons. The predicted octanol–water partition coefficient (Wildman–Crippen LogP) is 2.60. The molecule has 6 atom stereocenters. The molecule has 0 saturated heterocycles. The van der Waals surface area contributed by atoms with Gasteiger partial charge in [0.25, 0.3) is 0 Å². The van der Waals surface area contributed by atoms with E-state index in [4.69, 9.17) is 28.4 Å². The minimum absolute atomic E-state index is 0.0182. The molecule has 7 heteroatoms. The van der Waals surface area contributed by atoms with E-state index >= 15 is 0 Å². The van der Waals surface area contributed by atoms with Gasteiger partial charge >= 0.3 is 0 Å². The first-order valence-electron chi connectivity index (χ1n) is 10.2. The fraction of sp³-hybridized carbons (Fsp3) is 0.905. The molecule has 28 heavy (non-hydrogen) atoms. The molecular formula is C21H42O7. The first-order chi connectivity index (χ1) is 13.2. The van der Waals surface area contributed by atoms with Gasteiger partial charge in [-0.1, -0.05) is 6.08 Å². The summed E-state index contributed by atoms with van der Waals surface area (Å²) < 4.78 is 33.8. The van der Waals surface area contributed by atoms with Gasteiger partial charge < -0.3 is 33.5 Å². The van der Waals surface area contributed by atoms with Gasteiger partial charge in [-0.25, -0.2) is 0 Å². The number of hydrogen-bond donors (Lipinski definition) is 1. The third-order valence-electron chi connectivity index (χ3n) is 3.67. The summed E-state index contributed by atoms with van der Waals surface area (Å²) >= 11 is 0. The molecular weight excluding hydrogens is 364 g/mol. The minimum Gasteiger partial charge on any atom is -0.391 e. The lowest BCUT2D eigenvalue weighted by atomic mass is 10.3. The molecule has 7 nitrogen and oxygen atoms in total. The first-order valence-corrected chi connectivity index (χ1v) is 10.2. The van der Waals surface area contributed by atoms with Crippen molar-refractivity contribution in [1.82, 2.24) is 0 Å². The van der Waals surface area contributed by atoms with Crippen molar-refractivity contribution in [2.45, 2.75) is 78.2 Å². The highest BCUT2D eigenvalue weighted by Gasteiger charge is 2.13. The number of hydrogen-bond acceptors (Lipinski definition) is 7. The van der Waals surface area contributed by atoms with Gasteiger partial charge in [0, 0.05) is 0 Å². The van der Waals surface area contributed by atoms with Crippen molar-refractivity contribution in [2.24, 2.45) is 0 Å². The van der Waals surface area contributed by atoms with Crippen molar-refractivity contribution < 1.29 is 33.5 Å². The van der Waals surface area contributed by atoms with Gasteiger partial charge in [-0.2, -0.15) is 0 Å². The SMILES string of the molecule is C=CCOCC(C)OCC(C)OCC(C)OCC(C)OCC(C)OCC(C)O. The molecule has 0 aromatic rings. The molecule has 0 amide bonds. The Morgan fingerprint density at radius 2 is 0.929 bits per heavy atom. The lowest BCUT2D eigenvalue weighted by Gasteiger charge is -2.22. The molecule has 0 saturated carbocycles. The fourth-order valence-corrected chi connectivity index (χ4v) is 2.06. The molecule has 0 rings (SSSR count). The van der Waals surface area contributed by atoms with Gasteiger partial charge in [-0.05, 0) is 41.5 Å². The van der Waals surface area contributed by atoms with Crippen LogP contribution in [0.3, 0.4) is 0 Å². The van der Waals surface area contributed by atoms with Crippen LogP contribution in [0.5, 0.6) is 0 Å². The maximum Gasteiger partial charge on any atom is 0.0781 e. The van der Waals surface area contributed by atoms with Gasteiger partial charge in [0.2, 0.25) is 0 Å². The number of aliphatic hydroxyl groups excluding tert-OH is 1. The van der Waals surface area contributed by atoms with E-state index in [0.717, 1.165) is 0 Å². The average Bonchev–Trinajstić information content (AvgIpc) is 2.65. The largest absolute Gasteiger partial charge is 0.391 e. The zero-order valence-corrected chi connectivity index (χ0v) is 18.6. The molecule has 0 heterocycles. The second-order valence-electron chi connectivity index (χ2n) is 7.39. The lowest BCUT2D eigenvalue weighted by molar-refractivity contribution is -0.101. The van der Waals surface area contributed by atoms with Crippen molar-refractivity contribution >= 4 is 0 Å². The number of rotatable bonds is 19. The van der Waals surface area contributed by atoms with Crippen LogP contribution in [0.4, 0.5) is 0 Å². The fourth-order valence-electron chi connectivity index (χ4n) is 2.06. The van der Waals surface area contributed by atoms with Crippen LogP contribution in [0.15, 0.2) is 12.7 Å². The summed E-state index contributed by atoms with van der Waals surface area (Å²) in [5, 5.41) is 9.20. The van der Waals surface area contributed by atoms with Crippen LogP contribution in [0.25, 0.3) is 0 Å². The van der Waals surface area contributed by atoms with Crippen LogP contribution < -0.4 is 0 Å². The summed E-state index contributed by atoms with van der Waals surface area (Å²) in [6, 6.07) is 0. The Balaban J connectivity index is 3.73. The van der Waals surface area contributed by atoms with Gasteiger partial charge in [0.05, 0.1) is 82.9 Å². The molecule has 0 bridgehead atoms. The Morgan fingerprint density at radius 3 is 1.25 bits per heavy atom. The summed E-state index contributed by atoms with van der Waals surface area (Å²) in [6.45, 7) is 18.4. The molecule has 0 aromatic carbocycles. The maximum absolute atomic E-state index is 9.20. The van der Waals surface area contributed by atoms with Crippen molar-refractivity contribution in [3.05, 3.63) is 12.7 Å². The van der Waals surface area contributed by atoms with Crippen LogP contribution in [0.1, 0.15) is 41.5 Å². The Hall–Kier alpha value is -0.540. The van der Waals surface area contributed by atoms with Crippen molar-refractivity contribution in [2.75, 3.05) is 46.2 Å². The summed E-state index contributed by atoms with van der Waals surface area (Å²) in [4.78, 5) is 0. The van der Waals surface area contributed by atoms with Gasteiger partial charge in [0.15, 0.2) is 0 Å². The Labute approximate surface area is 171 Å². The Kier molecular flexibility index (Phi) is 17.0. The molecule has 1 N–H and O–H groups in total. The second kappa shape index (κ2) is 17.3. The van der Waals surface area contributed by atoms with Gasteiger partial charge in [-0.3, -0.25) is 0 Å². The summed E-state index contributed by atoms with van der Waals surface area (Å²) in [5.74, 6) is 0. The third-order valence-corrected chi connectivity index (χ3v) is 3.67.